The maximum absolute atomic E-state index is 5.82. The molecule has 0 amide bonds. The zero-order chi connectivity index (χ0) is 9.38. The molecule has 1 aromatic carbocycles. The molecular weight excluding hydrogens is 174 g/mol. The van der Waals surface area contributed by atoms with E-state index in [0.29, 0.717) is 6.10 Å². The molecule has 74 valence electrons. The van der Waals surface area contributed by atoms with E-state index in [2.05, 4.69) is 23.5 Å². The Morgan fingerprint density at radius 2 is 2.14 bits per heavy atom. The molecule has 2 nitrogen and oxygen atoms in total. The summed E-state index contributed by atoms with van der Waals surface area (Å²) in [6.45, 7) is 0.999. The second-order valence-corrected chi connectivity index (χ2v) is 4.23. The van der Waals surface area contributed by atoms with Gasteiger partial charge in [-0.3, -0.25) is 0 Å². The van der Waals surface area contributed by atoms with E-state index in [1.165, 1.54) is 18.4 Å². The average Bonchev–Trinajstić information content (AvgIpc) is 2.94. The monoisotopic (exact) mass is 189 g/mol. The maximum Gasteiger partial charge on any atom is 0.123 e. The first kappa shape index (κ1) is 8.30. The Morgan fingerprint density at radius 1 is 1.29 bits per heavy atom. The Hall–Kier alpha value is -1.02. The van der Waals surface area contributed by atoms with Crippen molar-refractivity contribution in [3.8, 4) is 5.75 Å². The van der Waals surface area contributed by atoms with Crippen LogP contribution in [0, 0.1) is 0 Å². The molecule has 1 N–H and O–H groups in total. The van der Waals surface area contributed by atoms with E-state index in [-0.39, 0.29) is 0 Å². The number of nitrogens with one attached hydrogen (secondary N) is 1. The zero-order valence-electron chi connectivity index (χ0n) is 8.20. The van der Waals surface area contributed by atoms with Crippen LogP contribution < -0.4 is 10.1 Å². The third-order valence-electron chi connectivity index (χ3n) is 2.93. The molecule has 1 atom stereocenters. The first-order chi connectivity index (χ1) is 6.92. The summed E-state index contributed by atoms with van der Waals surface area (Å²) < 4.78 is 5.82. The van der Waals surface area contributed by atoms with Crippen molar-refractivity contribution in [2.24, 2.45) is 0 Å². The third kappa shape index (κ3) is 1.62. The molecule has 0 radical (unpaired) electrons. The number of para-hydroxylation sites is 1. The van der Waals surface area contributed by atoms with Crippen LogP contribution in [0.3, 0.4) is 0 Å². The van der Waals surface area contributed by atoms with E-state index in [4.69, 9.17) is 4.74 Å². The van der Waals surface area contributed by atoms with Gasteiger partial charge in [-0.1, -0.05) is 18.2 Å². The van der Waals surface area contributed by atoms with Crippen molar-refractivity contribution in [1.29, 1.82) is 0 Å². The summed E-state index contributed by atoms with van der Waals surface area (Å²) in [6.07, 6.45) is 4.11. The van der Waals surface area contributed by atoms with Gasteiger partial charge in [0.1, 0.15) is 11.9 Å². The molecule has 0 spiro atoms. The molecule has 1 aromatic rings. The minimum atomic E-state index is 0.355. The van der Waals surface area contributed by atoms with Crippen molar-refractivity contribution in [3.05, 3.63) is 29.8 Å². The number of rotatable bonds is 3. The molecule has 2 heteroatoms. The van der Waals surface area contributed by atoms with Crippen LogP contribution in [0.5, 0.6) is 5.75 Å². The van der Waals surface area contributed by atoms with E-state index in [1.807, 2.05) is 6.07 Å². The molecule has 1 fully saturated rings. The van der Waals surface area contributed by atoms with Gasteiger partial charge in [-0.25, -0.2) is 0 Å². The number of benzene rings is 1. The predicted octanol–water partition coefficient (Wildman–Crippen LogP) is 1.74. The fourth-order valence-electron chi connectivity index (χ4n) is 1.95. The second kappa shape index (κ2) is 3.28. The number of hydrogen-bond donors (Lipinski definition) is 1. The minimum Gasteiger partial charge on any atom is -0.488 e. The summed E-state index contributed by atoms with van der Waals surface area (Å²) in [5, 5.41) is 3.51. The maximum atomic E-state index is 5.82. The highest BCUT2D eigenvalue weighted by Gasteiger charge is 2.26. The quantitative estimate of drug-likeness (QED) is 0.782. The molecule has 14 heavy (non-hydrogen) atoms. The average molecular weight is 189 g/mol. The topological polar surface area (TPSA) is 21.3 Å². The fraction of sp³-hybridized carbons (Fsp3) is 0.500. The van der Waals surface area contributed by atoms with Gasteiger partial charge in [0.15, 0.2) is 0 Å². The number of fused-ring (bicyclic) bond motifs is 1. The lowest BCUT2D eigenvalue weighted by atomic mass is 10.1. The van der Waals surface area contributed by atoms with Gasteiger partial charge in [-0.15, -0.1) is 0 Å². The van der Waals surface area contributed by atoms with Crippen LogP contribution in [0.2, 0.25) is 0 Å². The predicted molar refractivity (Wildman–Crippen MR) is 55.6 cm³/mol. The molecule has 1 unspecified atom stereocenters. The van der Waals surface area contributed by atoms with Crippen LogP contribution in [-0.4, -0.2) is 18.7 Å². The van der Waals surface area contributed by atoms with Gasteiger partial charge < -0.3 is 10.1 Å². The molecule has 3 rings (SSSR count). The van der Waals surface area contributed by atoms with Gasteiger partial charge in [-0.05, 0) is 24.5 Å². The van der Waals surface area contributed by atoms with Crippen LogP contribution in [0.1, 0.15) is 18.4 Å². The summed E-state index contributed by atoms with van der Waals surface area (Å²) in [6, 6.07) is 9.12. The summed E-state index contributed by atoms with van der Waals surface area (Å²) in [5.41, 5.74) is 1.36. The van der Waals surface area contributed by atoms with Crippen LogP contribution >= 0.6 is 0 Å². The molecule has 0 aromatic heterocycles. The van der Waals surface area contributed by atoms with Crippen molar-refractivity contribution in [1.82, 2.24) is 5.32 Å². The van der Waals surface area contributed by atoms with Gasteiger partial charge in [0.25, 0.3) is 0 Å². The van der Waals surface area contributed by atoms with Gasteiger partial charge >= 0.3 is 0 Å². The van der Waals surface area contributed by atoms with Gasteiger partial charge in [0.05, 0.1) is 0 Å². The van der Waals surface area contributed by atoms with Gasteiger partial charge in [0.2, 0.25) is 0 Å². The summed E-state index contributed by atoms with van der Waals surface area (Å²) in [7, 11) is 0. The molecule has 1 heterocycles. The van der Waals surface area contributed by atoms with E-state index in [1.54, 1.807) is 0 Å². The van der Waals surface area contributed by atoms with Gasteiger partial charge in [0, 0.05) is 19.0 Å². The highest BCUT2D eigenvalue weighted by Crippen LogP contribution is 2.28. The Balaban J connectivity index is 1.60. The summed E-state index contributed by atoms with van der Waals surface area (Å²) >= 11 is 0. The molecule has 1 aliphatic carbocycles. The molecule has 1 aliphatic heterocycles. The SMILES string of the molecule is c1ccc2c(c1)CC(CNC1CC1)O2. The van der Waals surface area contributed by atoms with Crippen molar-refractivity contribution in [3.63, 3.8) is 0 Å². The van der Waals surface area contributed by atoms with Crippen molar-refractivity contribution in [2.75, 3.05) is 6.54 Å². The first-order valence-corrected chi connectivity index (χ1v) is 5.40. The Labute approximate surface area is 84.3 Å². The Kier molecular flexibility index (Phi) is 1.95. The largest absolute Gasteiger partial charge is 0.488 e. The lowest BCUT2D eigenvalue weighted by Gasteiger charge is -2.10. The molecule has 0 saturated heterocycles. The zero-order valence-corrected chi connectivity index (χ0v) is 8.20. The Bertz CT molecular complexity index is 308. The smallest absolute Gasteiger partial charge is 0.123 e. The lowest BCUT2D eigenvalue weighted by molar-refractivity contribution is 0.227. The highest BCUT2D eigenvalue weighted by atomic mass is 16.5. The van der Waals surface area contributed by atoms with Crippen molar-refractivity contribution < 1.29 is 4.74 Å². The summed E-state index contributed by atoms with van der Waals surface area (Å²) in [4.78, 5) is 0. The van der Waals surface area contributed by atoms with Crippen molar-refractivity contribution >= 4 is 0 Å². The second-order valence-electron chi connectivity index (χ2n) is 4.23. The lowest BCUT2D eigenvalue weighted by Crippen LogP contribution is -2.31. The normalized spacial score (nSPS) is 24.4. The van der Waals surface area contributed by atoms with Crippen LogP contribution in [0.15, 0.2) is 24.3 Å². The first-order valence-electron chi connectivity index (χ1n) is 5.40. The standard InChI is InChI=1S/C12H15NO/c1-2-4-12-9(3-1)7-11(14-12)8-13-10-5-6-10/h1-4,10-11,13H,5-8H2. The van der Waals surface area contributed by atoms with E-state index in [9.17, 15) is 0 Å². The number of hydrogen-bond acceptors (Lipinski definition) is 2. The Morgan fingerprint density at radius 3 is 2.93 bits per heavy atom. The van der Waals surface area contributed by atoms with Crippen molar-refractivity contribution in [2.45, 2.75) is 31.4 Å². The van der Waals surface area contributed by atoms with E-state index >= 15 is 0 Å². The van der Waals surface area contributed by atoms with Crippen LogP contribution in [0.25, 0.3) is 0 Å². The summed E-state index contributed by atoms with van der Waals surface area (Å²) in [5.74, 6) is 1.08. The van der Waals surface area contributed by atoms with E-state index < -0.39 is 0 Å². The fourth-order valence-corrected chi connectivity index (χ4v) is 1.95. The molecular formula is C12H15NO. The van der Waals surface area contributed by atoms with Crippen LogP contribution in [-0.2, 0) is 6.42 Å². The molecule has 1 saturated carbocycles. The molecule has 2 aliphatic rings. The third-order valence-corrected chi connectivity index (χ3v) is 2.93. The number of ether oxygens (including phenoxy) is 1. The van der Waals surface area contributed by atoms with Crippen LogP contribution in [0.4, 0.5) is 0 Å². The minimum absolute atomic E-state index is 0.355. The van der Waals surface area contributed by atoms with E-state index in [0.717, 1.165) is 24.8 Å². The highest BCUT2D eigenvalue weighted by molar-refractivity contribution is 5.37. The van der Waals surface area contributed by atoms with Gasteiger partial charge in [-0.2, -0.15) is 0 Å². The molecule has 0 bridgehead atoms.